The number of furan rings is 1. The highest BCUT2D eigenvalue weighted by molar-refractivity contribution is 7.18. The van der Waals surface area contributed by atoms with E-state index < -0.39 is 0 Å². The first kappa shape index (κ1) is 18.7. The molecule has 8 heteroatoms. The van der Waals surface area contributed by atoms with Gasteiger partial charge in [0, 0.05) is 12.6 Å². The molecule has 25 heavy (non-hydrogen) atoms. The van der Waals surface area contributed by atoms with Gasteiger partial charge in [-0.25, -0.2) is 0 Å². The highest BCUT2D eigenvalue weighted by atomic mass is 32.1. The van der Waals surface area contributed by atoms with Gasteiger partial charge in [-0.2, -0.15) is 0 Å². The molecule has 0 aromatic carbocycles. The van der Waals surface area contributed by atoms with E-state index in [4.69, 9.17) is 4.42 Å². The lowest BCUT2D eigenvalue weighted by molar-refractivity contribution is -0.122. The van der Waals surface area contributed by atoms with Crippen molar-refractivity contribution in [2.45, 2.75) is 26.8 Å². The van der Waals surface area contributed by atoms with Crippen LogP contribution in [0.2, 0.25) is 0 Å². The van der Waals surface area contributed by atoms with Crippen molar-refractivity contribution in [1.82, 2.24) is 10.2 Å². The standard InChI is InChI=1S/C17H21N3O4S/c1-4-20(10-14(21)18-11(2)3)17(23)13-7-8-15(25-13)19-16(22)12-6-5-9-24-12/h5-9,11H,4,10H2,1-3H3,(H,18,21)(H,19,22). The summed E-state index contributed by atoms with van der Waals surface area (Å²) >= 11 is 1.15. The van der Waals surface area contributed by atoms with Crippen molar-refractivity contribution in [3.8, 4) is 0 Å². The number of hydrogen-bond acceptors (Lipinski definition) is 5. The van der Waals surface area contributed by atoms with Crippen LogP contribution in [0.1, 0.15) is 41.0 Å². The van der Waals surface area contributed by atoms with E-state index in [1.807, 2.05) is 20.8 Å². The number of amides is 3. The Hall–Kier alpha value is -2.61. The molecule has 0 saturated heterocycles. The zero-order valence-corrected chi connectivity index (χ0v) is 15.2. The van der Waals surface area contributed by atoms with Crippen molar-refractivity contribution >= 4 is 34.1 Å². The molecule has 2 aromatic rings. The molecule has 2 aromatic heterocycles. The Balaban J connectivity index is 2.00. The summed E-state index contributed by atoms with van der Waals surface area (Å²) in [7, 11) is 0. The van der Waals surface area contributed by atoms with Crippen LogP contribution in [0.25, 0.3) is 0 Å². The minimum absolute atomic E-state index is 0.000495. The number of thiophene rings is 1. The van der Waals surface area contributed by atoms with Crippen molar-refractivity contribution in [3.05, 3.63) is 41.2 Å². The van der Waals surface area contributed by atoms with Gasteiger partial charge in [-0.1, -0.05) is 0 Å². The minimum Gasteiger partial charge on any atom is -0.459 e. The monoisotopic (exact) mass is 363 g/mol. The molecule has 0 aliphatic carbocycles. The smallest absolute Gasteiger partial charge is 0.291 e. The average molecular weight is 363 g/mol. The Morgan fingerprint density at radius 3 is 2.60 bits per heavy atom. The number of rotatable bonds is 7. The summed E-state index contributed by atoms with van der Waals surface area (Å²) in [5, 5.41) is 5.98. The lowest BCUT2D eigenvalue weighted by Crippen LogP contribution is -2.42. The van der Waals surface area contributed by atoms with E-state index in [0.29, 0.717) is 16.4 Å². The van der Waals surface area contributed by atoms with Crippen LogP contribution >= 0.6 is 11.3 Å². The topological polar surface area (TPSA) is 91.7 Å². The third-order valence-corrected chi connectivity index (χ3v) is 4.24. The summed E-state index contributed by atoms with van der Waals surface area (Å²) in [4.78, 5) is 38.3. The van der Waals surface area contributed by atoms with Gasteiger partial charge in [0.05, 0.1) is 22.7 Å². The van der Waals surface area contributed by atoms with Crippen LogP contribution in [0, 0.1) is 0 Å². The summed E-state index contributed by atoms with van der Waals surface area (Å²) in [5.41, 5.74) is 0. The highest BCUT2D eigenvalue weighted by Crippen LogP contribution is 2.24. The van der Waals surface area contributed by atoms with Gasteiger partial charge in [0.15, 0.2) is 5.76 Å². The van der Waals surface area contributed by atoms with Gasteiger partial charge >= 0.3 is 0 Å². The van der Waals surface area contributed by atoms with E-state index in [9.17, 15) is 14.4 Å². The molecule has 7 nitrogen and oxygen atoms in total. The molecule has 134 valence electrons. The Kier molecular flexibility index (Phi) is 6.35. The number of nitrogens with one attached hydrogen (secondary N) is 2. The Morgan fingerprint density at radius 2 is 2.00 bits per heavy atom. The third-order valence-electron chi connectivity index (χ3n) is 3.25. The fraction of sp³-hybridized carbons (Fsp3) is 0.353. The Labute approximate surface area is 150 Å². The van der Waals surface area contributed by atoms with Crippen LogP contribution in [-0.2, 0) is 4.79 Å². The SMILES string of the molecule is CCN(CC(=O)NC(C)C)C(=O)c1ccc(NC(=O)c2ccco2)s1. The zero-order chi connectivity index (χ0) is 18.4. The first-order chi connectivity index (χ1) is 11.9. The van der Waals surface area contributed by atoms with Crippen LogP contribution in [-0.4, -0.2) is 41.8 Å². The fourth-order valence-electron chi connectivity index (χ4n) is 2.13. The predicted molar refractivity (Wildman–Crippen MR) is 95.8 cm³/mol. The molecule has 0 bridgehead atoms. The van der Waals surface area contributed by atoms with Crippen LogP contribution in [0.5, 0.6) is 0 Å². The van der Waals surface area contributed by atoms with Crippen LogP contribution in [0.15, 0.2) is 34.9 Å². The molecule has 2 N–H and O–H groups in total. The summed E-state index contributed by atoms with van der Waals surface area (Å²) in [6.45, 7) is 5.95. The quantitative estimate of drug-likeness (QED) is 0.791. The van der Waals surface area contributed by atoms with Crippen molar-refractivity contribution in [1.29, 1.82) is 0 Å². The highest BCUT2D eigenvalue weighted by Gasteiger charge is 2.20. The van der Waals surface area contributed by atoms with Gasteiger partial charge in [-0.15, -0.1) is 11.3 Å². The lowest BCUT2D eigenvalue weighted by Gasteiger charge is -2.20. The van der Waals surface area contributed by atoms with E-state index in [-0.39, 0.29) is 36.1 Å². The summed E-state index contributed by atoms with van der Waals surface area (Å²) in [5.74, 6) is -0.630. The number of anilines is 1. The predicted octanol–water partition coefficient (Wildman–Crippen LogP) is 2.58. The van der Waals surface area contributed by atoms with Crippen LogP contribution < -0.4 is 10.6 Å². The summed E-state index contributed by atoms with van der Waals surface area (Å²) in [6.07, 6.45) is 1.42. The molecule has 0 atom stereocenters. The maximum Gasteiger partial charge on any atom is 0.291 e. The molecule has 0 fully saturated rings. The number of likely N-dealkylation sites (N-methyl/N-ethyl adjacent to an activating group) is 1. The maximum atomic E-state index is 12.6. The van der Waals surface area contributed by atoms with Gasteiger partial charge in [-0.05, 0) is 45.0 Å². The van der Waals surface area contributed by atoms with Gasteiger partial charge in [0.25, 0.3) is 11.8 Å². The Morgan fingerprint density at radius 1 is 1.24 bits per heavy atom. The molecular formula is C17H21N3O4S. The van der Waals surface area contributed by atoms with Gasteiger partial charge in [0.1, 0.15) is 0 Å². The second-order valence-electron chi connectivity index (χ2n) is 5.64. The average Bonchev–Trinajstić information content (AvgIpc) is 3.22. The first-order valence-corrected chi connectivity index (χ1v) is 8.75. The number of carbonyl (C=O) groups is 3. The van der Waals surface area contributed by atoms with Gasteiger partial charge in [0.2, 0.25) is 5.91 Å². The van der Waals surface area contributed by atoms with Crippen molar-refractivity contribution in [2.24, 2.45) is 0 Å². The van der Waals surface area contributed by atoms with Crippen molar-refractivity contribution in [3.63, 3.8) is 0 Å². The largest absolute Gasteiger partial charge is 0.459 e. The fourth-order valence-corrected chi connectivity index (χ4v) is 2.99. The number of nitrogens with zero attached hydrogens (tertiary/aromatic N) is 1. The summed E-state index contributed by atoms with van der Waals surface area (Å²) in [6, 6.07) is 6.49. The van der Waals surface area contributed by atoms with E-state index >= 15 is 0 Å². The molecule has 3 amide bonds. The molecule has 0 spiro atoms. The normalized spacial score (nSPS) is 10.6. The molecular weight excluding hydrogens is 342 g/mol. The van der Waals surface area contributed by atoms with Gasteiger partial charge < -0.3 is 20.0 Å². The van der Waals surface area contributed by atoms with Crippen molar-refractivity contribution in [2.75, 3.05) is 18.4 Å². The summed E-state index contributed by atoms with van der Waals surface area (Å²) < 4.78 is 5.03. The van der Waals surface area contributed by atoms with E-state index in [0.717, 1.165) is 11.3 Å². The van der Waals surface area contributed by atoms with E-state index in [2.05, 4.69) is 10.6 Å². The van der Waals surface area contributed by atoms with Crippen LogP contribution in [0.3, 0.4) is 0 Å². The van der Waals surface area contributed by atoms with E-state index in [1.54, 1.807) is 24.3 Å². The lowest BCUT2D eigenvalue weighted by atomic mass is 10.3. The third kappa shape index (κ3) is 5.18. The van der Waals surface area contributed by atoms with Crippen molar-refractivity contribution < 1.29 is 18.8 Å². The second-order valence-corrected chi connectivity index (χ2v) is 6.72. The molecule has 0 saturated carbocycles. The number of hydrogen-bond donors (Lipinski definition) is 2. The second kappa shape index (κ2) is 8.48. The molecule has 0 aliphatic rings. The molecule has 2 heterocycles. The molecule has 2 rings (SSSR count). The maximum absolute atomic E-state index is 12.6. The van der Waals surface area contributed by atoms with E-state index in [1.165, 1.54) is 11.2 Å². The number of carbonyl (C=O) groups excluding carboxylic acids is 3. The molecule has 0 aliphatic heterocycles. The molecule has 0 radical (unpaired) electrons. The first-order valence-electron chi connectivity index (χ1n) is 7.94. The Bertz CT molecular complexity index is 737. The van der Waals surface area contributed by atoms with Gasteiger partial charge in [-0.3, -0.25) is 14.4 Å². The zero-order valence-electron chi connectivity index (χ0n) is 14.4. The van der Waals surface area contributed by atoms with Crippen LogP contribution in [0.4, 0.5) is 5.00 Å². The minimum atomic E-state index is -0.380. The molecule has 0 unspecified atom stereocenters.